The number of nitrogens with zero attached hydrogens (tertiary/aromatic N) is 2. The SMILES string of the molecule is CN1C2CCC1c1c(n(OCCc3ccccc3)c3ccccc13)C2. The fourth-order valence-corrected chi connectivity index (χ4v) is 4.73. The second-order valence-electron chi connectivity index (χ2n) is 7.36. The number of likely N-dealkylation sites (N-methyl/N-ethyl adjacent to an activating group) is 1. The van der Waals surface area contributed by atoms with Crippen molar-refractivity contribution < 1.29 is 4.84 Å². The highest BCUT2D eigenvalue weighted by Gasteiger charge is 2.41. The average Bonchev–Trinajstić information content (AvgIpc) is 3.07. The van der Waals surface area contributed by atoms with Crippen LogP contribution in [-0.2, 0) is 12.8 Å². The average molecular weight is 332 g/mol. The summed E-state index contributed by atoms with van der Waals surface area (Å²) in [4.78, 5) is 8.89. The van der Waals surface area contributed by atoms with Gasteiger partial charge in [-0.15, -0.1) is 0 Å². The Hall–Kier alpha value is -2.26. The first-order chi connectivity index (χ1) is 12.3. The molecule has 3 heteroatoms. The number of rotatable bonds is 4. The maximum Gasteiger partial charge on any atom is 0.119 e. The van der Waals surface area contributed by atoms with E-state index in [9.17, 15) is 0 Å². The molecule has 3 heterocycles. The van der Waals surface area contributed by atoms with Gasteiger partial charge in [0.25, 0.3) is 0 Å². The first-order valence-electron chi connectivity index (χ1n) is 9.34. The quantitative estimate of drug-likeness (QED) is 0.718. The molecule has 2 atom stereocenters. The van der Waals surface area contributed by atoms with E-state index in [0.29, 0.717) is 18.7 Å². The molecule has 1 saturated heterocycles. The molecule has 2 aliphatic rings. The minimum Gasteiger partial charge on any atom is -0.413 e. The van der Waals surface area contributed by atoms with E-state index in [-0.39, 0.29) is 0 Å². The molecule has 2 bridgehead atoms. The number of hydrogen-bond donors (Lipinski definition) is 0. The summed E-state index contributed by atoms with van der Waals surface area (Å²) in [5.41, 5.74) is 5.46. The van der Waals surface area contributed by atoms with Crippen molar-refractivity contribution in [3.8, 4) is 0 Å². The molecule has 128 valence electrons. The zero-order valence-corrected chi connectivity index (χ0v) is 14.7. The molecular weight excluding hydrogens is 308 g/mol. The van der Waals surface area contributed by atoms with Gasteiger partial charge in [0.15, 0.2) is 0 Å². The van der Waals surface area contributed by atoms with Crippen molar-refractivity contribution in [2.24, 2.45) is 0 Å². The van der Waals surface area contributed by atoms with Crippen molar-refractivity contribution in [1.82, 2.24) is 9.63 Å². The summed E-state index contributed by atoms with van der Waals surface area (Å²) in [5.74, 6) is 0. The Morgan fingerprint density at radius 2 is 1.80 bits per heavy atom. The molecule has 1 aromatic heterocycles. The smallest absolute Gasteiger partial charge is 0.119 e. The molecule has 0 radical (unpaired) electrons. The van der Waals surface area contributed by atoms with Gasteiger partial charge in [0.2, 0.25) is 0 Å². The van der Waals surface area contributed by atoms with E-state index in [4.69, 9.17) is 4.84 Å². The Labute approximate surface area is 148 Å². The van der Waals surface area contributed by atoms with Crippen molar-refractivity contribution in [2.45, 2.75) is 37.8 Å². The Balaban J connectivity index is 1.50. The van der Waals surface area contributed by atoms with Gasteiger partial charge >= 0.3 is 0 Å². The van der Waals surface area contributed by atoms with Crippen LogP contribution in [0.3, 0.4) is 0 Å². The summed E-state index contributed by atoms with van der Waals surface area (Å²) >= 11 is 0. The van der Waals surface area contributed by atoms with E-state index in [2.05, 4.69) is 71.3 Å². The standard InChI is InChI=1S/C22H24N2O/c1-23-17-11-12-20(23)22-18-9-5-6-10-19(18)24(21(22)15-17)25-14-13-16-7-3-2-4-8-16/h2-10,17,20H,11-15H2,1H3. The maximum absolute atomic E-state index is 6.32. The normalized spacial score (nSPS) is 22.3. The van der Waals surface area contributed by atoms with Crippen molar-refractivity contribution in [3.63, 3.8) is 0 Å². The van der Waals surface area contributed by atoms with Gasteiger partial charge in [0.05, 0.1) is 11.2 Å². The third-order valence-corrected chi connectivity index (χ3v) is 6.03. The van der Waals surface area contributed by atoms with Gasteiger partial charge in [0, 0.05) is 35.9 Å². The van der Waals surface area contributed by atoms with E-state index in [1.807, 2.05) is 0 Å². The first kappa shape index (κ1) is 15.0. The van der Waals surface area contributed by atoms with E-state index >= 15 is 0 Å². The third kappa shape index (κ3) is 2.37. The zero-order valence-electron chi connectivity index (χ0n) is 14.7. The lowest BCUT2D eigenvalue weighted by atomic mass is 9.98. The predicted octanol–water partition coefficient (Wildman–Crippen LogP) is 4.00. The number of aromatic nitrogens is 1. The van der Waals surface area contributed by atoms with Crippen molar-refractivity contribution in [1.29, 1.82) is 0 Å². The number of para-hydroxylation sites is 1. The second-order valence-corrected chi connectivity index (χ2v) is 7.36. The highest BCUT2D eigenvalue weighted by atomic mass is 16.7. The van der Waals surface area contributed by atoms with E-state index in [1.54, 1.807) is 0 Å². The van der Waals surface area contributed by atoms with Gasteiger partial charge in [-0.25, -0.2) is 0 Å². The molecule has 0 N–H and O–H groups in total. The fraction of sp³-hybridized carbons (Fsp3) is 0.364. The van der Waals surface area contributed by atoms with Crippen LogP contribution in [0.1, 0.15) is 35.7 Å². The first-order valence-corrected chi connectivity index (χ1v) is 9.34. The zero-order chi connectivity index (χ0) is 16.8. The van der Waals surface area contributed by atoms with E-state index < -0.39 is 0 Å². The van der Waals surface area contributed by atoms with E-state index in [1.165, 1.54) is 40.6 Å². The van der Waals surface area contributed by atoms with Crippen molar-refractivity contribution in [2.75, 3.05) is 13.7 Å². The van der Waals surface area contributed by atoms with Gasteiger partial charge < -0.3 is 4.84 Å². The maximum atomic E-state index is 6.32. The van der Waals surface area contributed by atoms with Gasteiger partial charge in [-0.3, -0.25) is 4.90 Å². The van der Waals surface area contributed by atoms with Crippen LogP contribution in [0.15, 0.2) is 54.6 Å². The summed E-state index contributed by atoms with van der Waals surface area (Å²) in [6.45, 7) is 0.709. The molecule has 3 nitrogen and oxygen atoms in total. The van der Waals surface area contributed by atoms with Crippen LogP contribution in [0.25, 0.3) is 10.9 Å². The Morgan fingerprint density at radius 3 is 2.68 bits per heavy atom. The highest BCUT2D eigenvalue weighted by Crippen LogP contribution is 2.46. The Bertz CT molecular complexity index is 899. The molecule has 2 aromatic carbocycles. The molecule has 0 aliphatic carbocycles. The lowest BCUT2D eigenvalue weighted by molar-refractivity contribution is 0.107. The van der Waals surface area contributed by atoms with Crippen LogP contribution < -0.4 is 4.84 Å². The summed E-state index contributed by atoms with van der Waals surface area (Å²) in [6, 6.07) is 20.5. The molecule has 5 rings (SSSR count). The molecule has 3 aromatic rings. The number of fused-ring (bicyclic) bond motifs is 6. The van der Waals surface area contributed by atoms with Gasteiger partial charge in [0.1, 0.15) is 6.61 Å². The van der Waals surface area contributed by atoms with Crippen LogP contribution in [0.4, 0.5) is 0 Å². The van der Waals surface area contributed by atoms with Gasteiger partial charge in [-0.1, -0.05) is 48.5 Å². The Morgan fingerprint density at radius 1 is 1.00 bits per heavy atom. The number of benzene rings is 2. The monoisotopic (exact) mass is 332 g/mol. The van der Waals surface area contributed by atoms with Crippen LogP contribution in [0.2, 0.25) is 0 Å². The van der Waals surface area contributed by atoms with Gasteiger partial charge in [-0.05, 0) is 31.5 Å². The van der Waals surface area contributed by atoms with Crippen molar-refractivity contribution in [3.05, 3.63) is 71.4 Å². The molecule has 2 unspecified atom stereocenters. The predicted molar refractivity (Wildman–Crippen MR) is 101 cm³/mol. The largest absolute Gasteiger partial charge is 0.413 e. The lowest BCUT2D eigenvalue weighted by Gasteiger charge is -2.32. The van der Waals surface area contributed by atoms with E-state index in [0.717, 1.165) is 12.8 Å². The minimum absolute atomic E-state index is 0.553. The van der Waals surface area contributed by atoms with Crippen LogP contribution >= 0.6 is 0 Å². The topological polar surface area (TPSA) is 17.4 Å². The highest BCUT2D eigenvalue weighted by molar-refractivity contribution is 5.86. The molecule has 0 spiro atoms. The molecule has 1 fully saturated rings. The number of hydrogen-bond acceptors (Lipinski definition) is 2. The van der Waals surface area contributed by atoms with Crippen LogP contribution in [-0.4, -0.2) is 29.3 Å². The third-order valence-electron chi connectivity index (χ3n) is 6.03. The van der Waals surface area contributed by atoms with Crippen molar-refractivity contribution >= 4 is 10.9 Å². The summed E-state index contributed by atoms with van der Waals surface area (Å²) in [7, 11) is 2.29. The second kappa shape index (κ2) is 5.92. The molecular formula is C22H24N2O. The molecule has 2 aliphatic heterocycles. The lowest BCUT2D eigenvalue weighted by Crippen LogP contribution is -2.35. The molecule has 25 heavy (non-hydrogen) atoms. The molecule has 0 amide bonds. The van der Waals surface area contributed by atoms with Crippen LogP contribution in [0.5, 0.6) is 0 Å². The fourth-order valence-electron chi connectivity index (χ4n) is 4.73. The summed E-state index contributed by atoms with van der Waals surface area (Å²) in [5, 5.41) is 1.37. The summed E-state index contributed by atoms with van der Waals surface area (Å²) in [6.07, 6.45) is 4.61. The van der Waals surface area contributed by atoms with Gasteiger partial charge in [-0.2, -0.15) is 4.73 Å². The Kier molecular flexibility index (Phi) is 3.56. The molecule has 0 saturated carbocycles. The summed E-state index contributed by atoms with van der Waals surface area (Å²) < 4.78 is 2.14. The van der Waals surface area contributed by atoms with Crippen LogP contribution in [0, 0.1) is 0 Å². The minimum atomic E-state index is 0.553.